The second-order valence-corrected chi connectivity index (χ2v) is 6.27. The molecule has 0 aliphatic carbocycles. The summed E-state index contributed by atoms with van der Waals surface area (Å²) < 4.78 is 40.8. The number of nitrogens with zero attached hydrogens (tertiary/aromatic N) is 1. The van der Waals surface area contributed by atoms with E-state index >= 15 is 0 Å². The fourth-order valence-electron chi connectivity index (χ4n) is 2.61. The lowest BCUT2D eigenvalue weighted by Gasteiger charge is -2.13. The Kier molecular flexibility index (Phi) is 4.36. The lowest BCUT2D eigenvalue weighted by atomic mass is 10.1. The molecule has 24 heavy (non-hydrogen) atoms. The second-order valence-electron chi connectivity index (χ2n) is 5.04. The molecule has 124 valence electrons. The molecule has 0 bridgehead atoms. The summed E-state index contributed by atoms with van der Waals surface area (Å²) in [6.45, 7) is 0. The van der Waals surface area contributed by atoms with Gasteiger partial charge in [0.2, 0.25) is 0 Å². The number of benzene rings is 2. The van der Waals surface area contributed by atoms with E-state index < -0.39 is 12.0 Å². The minimum atomic E-state index is -4.96. The van der Waals surface area contributed by atoms with Gasteiger partial charge in [-0.25, -0.2) is 0 Å². The third-order valence-corrected chi connectivity index (χ3v) is 4.63. The number of thioether (sulfide) groups is 1. The molecule has 2 nitrogen and oxygen atoms in total. The van der Waals surface area contributed by atoms with Crippen LogP contribution in [-0.4, -0.2) is 22.8 Å². The predicted octanol–water partition coefficient (Wildman–Crippen LogP) is 5.75. The Morgan fingerprint density at radius 3 is 2.17 bits per heavy atom. The van der Waals surface area contributed by atoms with Crippen LogP contribution in [0.25, 0.3) is 16.5 Å². The van der Waals surface area contributed by atoms with Crippen LogP contribution in [0, 0.1) is 0 Å². The number of halogens is 4. The summed E-state index contributed by atoms with van der Waals surface area (Å²) in [5, 5.41) is 1.91. The van der Waals surface area contributed by atoms with Gasteiger partial charge in [0.05, 0.1) is 5.03 Å². The summed E-state index contributed by atoms with van der Waals surface area (Å²) in [7, 11) is 0. The van der Waals surface area contributed by atoms with Gasteiger partial charge in [-0.05, 0) is 30.5 Å². The first-order chi connectivity index (χ1) is 11.3. The minimum Gasteiger partial charge on any atom is -0.300 e. The van der Waals surface area contributed by atoms with Crippen LogP contribution in [0.1, 0.15) is 10.5 Å². The summed E-state index contributed by atoms with van der Waals surface area (Å²) in [5.74, 6) is -1.87. The largest absolute Gasteiger partial charge is 0.456 e. The first-order valence-electron chi connectivity index (χ1n) is 6.89. The Labute approximate surface area is 145 Å². The van der Waals surface area contributed by atoms with Crippen LogP contribution in [0.5, 0.6) is 0 Å². The summed E-state index contributed by atoms with van der Waals surface area (Å²) >= 11 is 7.15. The van der Waals surface area contributed by atoms with Crippen molar-refractivity contribution in [3.05, 3.63) is 59.2 Å². The van der Waals surface area contributed by atoms with Crippen LogP contribution in [0.3, 0.4) is 0 Å². The number of hydrogen-bond acceptors (Lipinski definition) is 2. The number of fused-ring (bicyclic) bond motifs is 1. The van der Waals surface area contributed by atoms with E-state index in [1.54, 1.807) is 48.7 Å². The van der Waals surface area contributed by atoms with E-state index in [4.69, 9.17) is 11.6 Å². The van der Waals surface area contributed by atoms with E-state index in [0.29, 0.717) is 21.1 Å². The highest BCUT2D eigenvalue weighted by atomic mass is 35.5. The molecule has 0 radical (unpaired) electrons. The number of Topliss-reactive ketones (excluding diaryl/α,β-unsaturated/α-hetero) is 1. The molecule has 1 aromatic heterocycles. The van der Waals surface area contributed by atoms with E-state index in [-0.39, 0.29) is 11.1 Å². The number of hydrogen-bond donors (Lipinski definition) is 0. The zero-order valence-corrected chi connectivity index (χ0v) is 14.0. The number of alkyl halides is 3. The molecule has 0 spiro atoms. The van der Waals surface area contributed by atoms with Crippen molar-refractivity contribution in [1.29, 1.82) is 0 Å². The molecule has 3 aromatic rings. The molecule has 2 aromatic carbocycles. The zero-order chi connectivity index (χ0) is 17.5. The average Bonchev–Trinajstić information content (AvgIpc) is 2.88. The fraction of sp³-hybridized carbons (Fsp3) is 0.118. The molecule has 7 heteroatoms. The molecule has 0 unspecified atom stereocenters. The summed E-state index contributed by atoms with van der Waals surface area (Å²) in [5.41, 5.74) is 0.0670. The van der Waals surface area contributed by atoms with Gasteiger partial charge in [0.1, 0.15) is 5.69 Å². The lowest BCUT2D eigenvalue weighted by molar-refractivity contribution is -0.0888. The van der Waals surface area contributed by atoms with Gasteiger partial charge in [0.25, 0.3) is 5.78 Å². The van der Waals surface area contributed by atoms with Gasteiger partial charge in [-0.2, -0.15) is 13.2 Å². The first-order valence-corrected chi connectivity index (χ1v) is 8.49. The highest BCUT2D eigenvalue weighted by Crippen LogP contribution is 2.38. The van der Waals surface area contributed by atoms with Gasteiger partial charge < -0.3 is 4.57 Å². The van der Waals surface area contributed by atoms with Crippen molar-refractivity contribution in [1.82, 2.24) is 4.57 Å². The third kappa shape index (κ3) is 2.80. The molecule has 0 saturated carbocycles. The molecule has 0 atom stereocenters. The van der Waals surface area contributed by atoms with Crippen LogP contribution in [0.2, 0.25) is 5.02 Å². The molecule has 0 N–H and O–H groups in total. The first kappa shape index (κ1) is 16.9. The van der Waals surface area contributed by atoms with E-state index in [9.17, 15) is 18.0 Å². The van der Waals surface area contributed by atoms with E-state index in [0.717, 1.165) is 0 Å². The van der Waals surface area contributed by atoms with Gasteiger partial charge in [0.15, 0.2) is 0 Å². The molecule has 0 saturated heterocycles. The zero-order valence-electron chi connectivity index (χ0n) is 12.4. The fourth-order valence-corrected chi connectivity index (χ4v) is 3.52. The van der Waals surface area contributed by atoms with Crippen molar-refractivity contribution < 1.29 is 18.0 Å². The van der Waals surface area contributed by atoms with Crippen LogP contribution < -0.4 is 0 Å². The van der Waals surface area contributed by atoms with Crippen LogP contribution >= 0.6 is 23.4 Å². The number of carbonyl (C=O) groups excluding carboxylic acids is 1. The van der Waals surface area contributed by atoms with Crippen LogP contribution in [0.4, 0.5) is 13.2 Å². The van der Waals surface area contributed by atoms with E-state index in [1.165, 1.54) is 22.4 Å². The summed E-state index contributed by atoms with van der Waals surface area (Å²) in [4.78, 5) is 12.1. The maximum Gasteiger partial charge on any atom is 0.456 e. The number of rotatable bonds is 3. The van der Waals surface area contributed by atoms with E-state index in [2.05, 4.69) is 0 Å². The maximum atomic E-state index is 13.1. The van der Waals surface area contributed by atoms with Crippen molar-refractivity contribution in [2.24, 2.45) is 0 Å². The molecule has 0 aliphatic heterocycles. The highest BCUT2D eigenvalue weighted by molar-refractivity contribution is 7.98. The van der Waals surface area contributed by atoms with Crippen molar-refractivity contribution >= 4 is 39.9 Å². The minimum absolute atomic E-state index is 0.277. The lowest BCUT2D eigenvalue weighted by Crippen LogP contribution is -2.25. The topological polar surface area (TPSA) is 22.0 Å². The average molecular weight is 370 g/mol. The van der Waals surface area contributed by atoms with E-state index in [1.807, 2.05) is 0 Å². The standard InChI is InChI=1S/C17H11ClF3NOS/c1-24-16-13-5-3-2-4-12(13)14(15(23)17(19,20)21)22(16)11-8-6-10(18)7-9-11/h2-9H,1H3. The Bertz CT molecular complexity index is 916. The Hall–Kier alpha value is -1.92. The normalized spacial score (nSPS) is 11.9. The molecule has 0 amide bonds. The molecular weight excluding hydrogens is 359 g/mol. The monoisotopic (exact) mass is 369 g/mol. The predicted molar refractivity (Wildman–Crippen MR) is 90.5 cm³/mol. The molecule has 0 fully saturated rings. The van der Waals surface area contributed by atoms with Crippen molar-refractivity contribution in [2.75, 3.05) is 6.26 Å². The second kappa shape index (κ2) is 6.18. The molecular formula is C17H11ClF3NOS. The number of carbonyl (C=O) groups is 1. The summed E-state index contributed by atoms with van der Waals surface area (Å²) in [6, 6.07) is 12.9. The number of ketones is 1. The highest BCUT2D eigenvalue weighted by Gasteiger charge is 2.43. The van der Waals surface area contributed by atoms with Crippen molar-refractivity contribution in [3.8, 4) is 5.69 Å². The summed E-state index contributed by atoms with van der Waals surface area (Å²) in [6.07, 6.45) is -3.20. The quantitative estimate of drug-likeness (QED) is 0.433. The van der Waals surface area contributed by atoms with Gasteiger partial charge >= 0.3 is 6.18 Å². The Balaban J connectivity index is 2.41. The van der Waals surface area contributed by atoms with Crippen molar-refractivity contribution in [3.63, 3.8) is 0 Å². The van der Waals surface area contributed by atoms with Gasteiger partial charge in [-0.15, -0.1) is 11.8 Å². The van der Waals surface area contributed by atoms with Crippen LogP contribution in [0.15, 0.2) is 53.6 Å². The van der Waals surface area contributed by atoms with Gasteiger partial charge in [-0.1, -0.05) is 35.9 Å². The smallest absolute Gasteiger partial charge is 0.300 e. The number of aromatic nitrogens is 1. The van der Waals surface area contributed by atoms with Crippen molar-refractivity contribution in [2.45, 2.75) is 11.2 Å². The maximum absolute atomic E-state index is 13.1. The van der Waals surface area contributed by atoms with Gasteiger partial charge in [0, 0.05) is 21.5 Å². The Morgan fingerprint density at radius 2 is 1.62 bits per heavy atom. The third-order valence-electron chi connectivity index (χ3n) is 3.59. The molecule has 1 heterocycles. The Morgan fingerprint density at radius 1 is 1.04 bits per heavy atom. The van der Waals surface area contributed by atoms with Gasteiger partial charge in [-0.3, -0.25) is 4.79 Å². The SMILES string of the molecule is CSc1c2ccccc2c(C(=O)C(F)(F)F)n1-c1ccc(Cl)cc1. The molecule has 0 aliphatic rings. The van der Waals surface area contributed by atoms with Crippen LogP contribution in [-0.2, 0) is 0 Å². The molecule has 3 rings (SSSR count).